The largest absolute Gasteiger partial charge is 0.346 e. The van der Waals surface area contributed by atoms with E-state index in [0.29, 0.717) is 5.69 Å². The smallest absolute Gasteiger partial charge is 0.253 e. The van der Waals surface area contributed by atoms with Crippen molar-refractivity contribution >= 4 is 33.2 Å². The monoisotopic (exact) mass is 339 g/mol. The number of pyridine rings is 1. The van der Waals surface area contributed by atoms with Gasteiger partial charge in [0.05, 0.1) is 29.1 Å². The van der Waals surface area contributed by atoms with Gasteiger partial charge in [0.2, 0.25) is 10.0 Å². The Bertz CT molecular complexity index is 779. The number of rotatable bonds is 5. The van der Waals surface area contributed by atoms with Crippen LogP contribution in [0.2, 0.25) is 5.02 Å². The molecule has 0 aliphatic carbocycles. The second kappa shape index (κ2) is 6.76. The summed E-state index contributed by atoms with van der Waals surface area (Å²) < 4.78 is 24.7. The highest BCUT2D eigenvalue weighted by Crippen LogP contribution is 2.21. The second-order valence-electron chi connectivity index (χ2n) is 4.57. The van der Waals surface area contributed by atoms with Crippen molar-refractivity contribution in [2.45, 2.75) is 6.54 Å². The predicted octanol–water partition coefficient (Wildman–Crippen LogP) is 2.04. The van der Waals surface area contributed by atoms with E-state index in [4.69, 9.17) is 11.6 Å². The molecule has 1 heterocycles. The molecule has 6 nitrogen and oxygen atoms in total. The maximum absolute atomic E-state index is 12.2. The van der Waals surface area contributed by atoms with Gasteiger partial charge in [-0.25, -0.2) is 8.42 Å². The first-order valence-electron chi connectivity index (χ1n) is 6.30. The molecule has 0 bridgehead atoms. The molecule has 0 saturated carbocycles. The summed E-state index contributed by atoms with van der Waals surface area (Å²) in [5, 5.41) is 2.92. The molecule has 2 rings (SSSR count). The summed E-state index contributed by atoms with van der Waals surface area (Å²) in [5.74, 6) is -0.409. The van der Waals surface area contributed by atoms with Gasteiger partial charge in [-0.15, -0.1) is 0 Å². The third kappa shape index (κ3) is 4.71. The summed E-state index contributed by atoms with van der Waals surface area (Å²) in [6, 6.07) is 9.71. The van der Waals surface area contributed by atoms with Crippen molar-refractivity contribution in [1.82, 2.24) is 10.3 Å². The Morgan fingerprint density at radius 2 is 2.05 bits per heavy atom. The zero-order valence-corrected chi connectivity index (χ0v) is 13.3. The van der Waals surface area contributed by atoms with E-state index in [1.54, 1.807) is 18.3 Å². The van der Waals surface area contributed by atoms with Crippen LogP contribution in [0.3, 0.4) is 0 Å². The number of halogens is 1. The third-order valence-corrected chi connectivity index (χ3v) is 3.61. The minimum Gasteiger partial charge on any atom is -0.346 e. The van der Waals surface area contributed by atoms with Crippen LogP contribution in [0, 0.1) is 0 Å². The number of anilines is 1. The van der Waals surface area contributed by atoms with Gasteiger partial charge in [-0.3, -0.25) is 14.5 Å². The molecule has 0 aliphatic rings. The van der Waals surface area contributed by atoms with Gasteiger partial charge in [0, 0.05) is 11.9 Å². The van der Waals surface area contributed by atoms with Gasteiger partial charge < -0.3 is 5.32 Å². The molecule has 8 heteroatoms. The number of carbonyl (C=O) groups is 1. The maximum Gasteiger partial charge on any atom is 0.253 e. The Kier molecular flexibility index (Phi) is 4.99. The van der Waals surface area contributed by atoms with Crippen molar-refractivity contribution in [2.75, 3.05) is 11.0 Å². The van der Waals surface area contributed by atoms with Crippen LogP contribution in [0.1, 0.15) is 16.1 Å². The predicted molar refractivity (Wildman–Crippen MR) is 85.3 cm³/mol. The molecule has 1 aromatic heterocycles. The number of nitrogens with zero attached hydrogens (tertiary/aromatic N) is 1. The van der Waals surface area contributed by atoms with Gasteiger partial charge in [0.25, 0.3) is 5.91 Å². The van der Waals surface area contributed by atoms with Crippen molar-refractivity contribution in [3.8, 4) is 0 Å². The quantitative estimate of drug-likeness (QED) is 0.872. The van der Waals surface area contributed by atoms with Gasteiger partial charge in [0.1, 0.15) is 0 Å². The SMILES string of the molecule is CS(=O)(=O)Nc1ccc(Cl)c(C(=O)NCc2ccccn2)c1. The average Bonchev–Trinajstić information content (AvgIpc) is 2.46. The van der Waals surface area contributed by atoms with Gasteiger partial charge in [0.15, 0.2) is 0 Å². The third-order valence-electron chi connectivity index (χ3n) is 2.67. The maximum atomic E-state index is 12.2. The van der Waals surface area contributed by atoms with Crippen molar-refractivity contribution in [1.29, 1.82) is 0 Å². The van der Waals surface area contributed by atoms with E-state index in [9.17, 15) is 13.2 Å². The van der Waals surface area contributed by atoms with Gasteiger partial charge in [-0.1, -0.05) is 17.7 Å². The zero-order chi connectivity index (χ0) is 16.2. The molecule has 0 spiro atoms. The molecule has 2 N–H and O–H groups in total. The van der Waals surface area contributed by atoms with Crippen LogP contribution in [0.25, 0.3) is 0 Å². The summed E-state index contributed by atoms with van der Waals surface area (Å²) in [6.45, 7) is 0.250. The topological polar surface area (TPSA) is 88.2 Å². The fourth-order valence-corrected chi connectivity index (χ4v) is 2.50. The van der Waals surface area contributed by atoms with E-state index in [1.807, 2.05) is 6.07 Å². The molecule has 1 amide bonds. The normalized spacial score (nSPS) is 11.0. The van der Waals surface area contributed by atoms with Crippen LogP contribution in [-0.2, 0) is 16.6 Å². The minimum atomic E-state index is -3.42. The van der Waals surface area contributed by atoms with Crippen LogP contribution >= 0.6 is 11.6 Å². The molecule has 0 unspecified atom stereocenters. The summed E-state index contributed by atoms with van der Waals surface area (Å²) in [7, 11) is -3.42. The lowest BCUT2D eigenvalue weighted by Gasteiger charge is -2.09. The van der Waals surface area contributed by atoms with Gasteiger partial charge >= 0.3 is 0 Å². The first-order chi connectivity index (χ1) is 10.3. The molecule has 0 saturated heterocycles. The van der Waals surface area contributed by atoms with E-state index in [0.717, 1.165) is 6.26 Å². The molecular formula is C14H14ClN3O3S. The number of amides is 1. The first kappa shape index (κ1) is 16.3. The number of hydrogen-bond donors (Lipinski definition) is 2. The standard InChI is InChI=1S/C14H14ClN3O3S/c1-22(20,21)18-10-5-6-13(15)12(8-10)14(19)17-9-11-4-2-3-7-16-11/h2-8,18H,9H2,1H3,(H,17,19). The van der Waals surface area contributed by atoms with Crippen LogP contribution in [0.15, 0.2) is 42.6 Å². The van der Waals surface area contributed by atoms with Crippen LogP contribution in [0.5, 0.6) is 0 Å². The van der Waals surface area contributed by atoms with Crippen LogP contribution in [0.4, 0.5) is 5.69 Å². The highest BCUT2D eigenvalue weighted by Gasteiger charge is 2.12. The highest BCUT2D eigenvalue weighted by molar-refractivity contribution is 7.92. The van der Waals surface area contributed by atoms with E-state index < -0.39 is 15.9 Å². The Morgan fingerprint density at radius 3 is 2.68 bits per heavy atom. The van der Waals surface area contributed by atoms with Gasteiger partial charge in [-0.05, 0) is 30.3 Å². The van der Waals surface area contributed by atoms with Crippen molar-refractivity contribution in [2.24, 2.45) is 0 Å². The molecular weight excluding hydrogens is 326 g/mol. The summed E-state index contributed by atoms with van der Waals surface area (Å²) >= 11 is 5.99. The number of benzene rings is 1. The second-order valence-corrected chi connectivity index (χ2v) is 6.73. The Hall–Kier alpha value is -2.12. The lowest BCUT2D eigenvalue weighted by atomic mass is 10.2. The number of aromatic nitrogens is 1. The average molecular weight is 340 g/mol. The lowest BCUT2D eigenvalue weighted by Crippen LogP contribution is -2.23. The number of nitrogens with one attached hydrogen (secondary N) is 2. The van der Waals surface area contributed by atoms with Crippen molar-refractivity contribution in [3.63, 3.8) is 0 Å². The Labute approximate surface area is 133 Å². The molecule has 116 valence electrons. The zero-order valence-electron chi connectivity index (χ0n) is 11.7. The van der Waals surface area contributed by atoms with Crippen molar-refractivity contribution < 1.29 is 13.2 Å². The first-order valence-corrected chi connectivity index (χ1v) is 8.57. The molecule has 22 heavy (non-hydrogen) atoms. The van der Waals surface area contributed by atoms with Crippen LogP contribution < -0.4 is 10.0 Å². The Morgan fingerprint density at radius 1 is 1.27 bits per heavy atom. The van der Waals surface area contributed by atoms with Crippen molar-refractivity contribution in [3.05, 3.63) is 58.9 Å². The number of hydrogen-bond acceptors (Lipinski definition) is 4. The molecule has 1 aromatic carbocycles. The summed E-state index contributed by atoms with van der Waals surface area (Å²) in [6.07, 6.45) is 2.66. The van der Waals surface area contributed by atoms with E-state index >= 15 is 0 Å². The number of sulfonamides is 1. The number of carbonyl (C=O) groups excluding carboxylic acids is 1. The highest BCUT2D eigenvalue weighted by atomic mass is 35.5. The molecule has 0 radical (unpaired) electrons. The molecule has 2 aromatic rings. The molecule has 0 aliphatic heterocycles. The van der Waals surface area contributed by atoms with Gasteiger partial charge in [-0.2, -0.15) is 0 Å². The fraction of sp³-hybridized carbons (Fsp3) is 0.143. The lowest BCUT2D eigenvalue weighted by molar-refractivity contribution is 0.0950. The molecule has 0 fully saturated rings. The minimum absolute atomic E-state index is 0.186. The summed E-state index contributed by atoms with van der Waals surface area (Å²) in [4.78, 5) is 16.2. The Balaban J connectivity index is 2.13. The van der Waals surface area contributed by atoms with E-state index in [1.165, 1.54) is 18.2 Å². The van der Waals surface area contributed by atoms with E-state index in [-0.39, 0.29) is 22.8 Å². The summed E-state index contributed by atoms with van der Waals surface area (Å²) in [5.41, 5.74) is 1.17. The molecule has 0 atom stereocenters. The van der Waals surface area contributed by atoms with Crippen LogP contribution in [-0.4, -0.2) is 25.6 Å². The fourth-order valence-electron chi connectivity index (χ4n) is 1.75. The van der Waals surface area contributed by atoms with E-state index in [2.05, 4.69) is 15.0 Å².